The van der Waals surface area contributed by atoms with Gasteiger partial charge >= 0.3 is 0 Å². The highest BCUT2D eigenvalue weighted by Crippen LogP contribution is 2.40. The van der Waals surface area contributed by atoms with E-state index in [1.165, 1.54) is 0 Å². The van der Waals surface area contributed by atoms with Crippen molar-refractivity contribution in [2.24, 2.45) is 0 Å². The van der Waals surface area contributed by atoms with Gasteiger partial charge < -0.3 is 14.5 Å². The topological polar surface area (TPSA) is 49.9 Å². The van der Waals surface area contributed by atoms with Crippen molar-refractivity contribution in [3.63, 3.8) is 0 Å². The van der Waals surface area contributed by atoms with Crippen LogP contribution in [0.2, 0.25) is 5.02 Å². The highest BCUT2D eigenvalue weighted by atomic mass is 35.5. The van der Waals surface area contributed by atoms with E-state index in [2.05, 4.69) is 0 Å². The summed E-state index contributed by atoms with van der Waals surface area (Å²) in [5, 5.41) is 0.664. The van der Waals surface area contributed by atoms with E-state index in [0.29, 0.717) is 36.4 Å². The maximum atomic E-state index is 12.7. The van der Waals surface area contributed by atoms with Crippen LogP contribution in [0.25, 0.3) is 0 Å². The molecule has 130 valence electrons. The van der Waals surface area contributed by atoms with Crippen LogP contribution in [0.4, 0.5) is 0 Å². The van der Waals surface area contributed by atoms with Crippen LogP contribution < -0.4 is 0 Å². The van der Waals surface area contributed by atoms with Crippen LogP contribution in [-0.2, 0) is 14.3 Å². The Morgan fingerprint density at radius 3 is 2.62 bits per heavy atom. The molecule has 0 aromatic heterocycles. The van der Waals surface area contributed by atoms with Crippen LogP contribution in [0.3, 0.4) is 0 Å². The molecule has 1 aromatic rings. The van der Waals surface area contributed by atoms with Gasteiger partial charge in [0.2, 0.25) is 11.8 Å². The Balaban J connectivity index is 1.77. The van der Waals surface area contributed by atoms with Crippen molar-refractivity contribution in [3.05, 3.63) is 34.9 Å². The summed E-state index contributed by atoms with van der Waals surface area (Å²) in [6.07, 6.45) is 0.791. The second kappa shape index (κ2) is 7.76. The number of halogens is 1. The molecule has 2 aliphatic heterocycles. The van der Waals surface area contributed by atoms with Gasteiger partial charge in [0.1, 0.15) is 6.04 Å². The minimum absolute atomic E-state index is 0.0299. The minimum Gasteiger partial charge on any atom is -0.382 e. The molecule has 3 rings (SSSR count). The summed E-state index contributed by atoms with van der Waals surface area (Å²) in [7, 11) is 0. The molecule has 0 radical (unpaired) electrons. The summed E-state index contributed by atoms with van der Waals surface area (Å²) in [4.78, 5) is 28.3. The lowest BCUT2D eigenvalue weighted by Gasteiger charge is -2.50. The van der Waals surface area contributed by atoms with E-state index in [4.69, 9.17) is 16.3 Å². The van der Waals surface area contributed by atoms with E-state index in [1.54, 1.807) is 16.7 Å². The molecule has 1 aromatic carbocycles. The normalized spacial score (nSPS) is 23.8. The van der Waals surface area contributed by atoms with Crippen molar-refractivity contribution in [3.8, 4) is 0 Å². The van der Waals surface area contributed by atoms with E-state index in [0.717, 1.165) is 12.0 Å². The summed E-state index contributed by atoms with van der Waals surface area (Å²) in [5.41, 5.74) is 1.02. The SMILES string of the molecule is CCOCCCN1C(=O)[C@H](N2CSCC2=O)[C@H]1c1ccc(Cl)cc1. The summed E-state index contributed by atoms with van der Waals surface area (Å²) >= 11 is 7.54. The molecule has 0 N–H and O–H groups in total. The molecular formula is C17H21ClN2O3S. The molecule has 0 unspecified atom stereocenters. The lowest BCUT2D eigenvalue weighted by Crippen LogP contribution is -2.66. The van der Waals surface area contributed by atoms with Crippen molar-refractivity contribution in [2.75, 3.05) is 31.4 Å². The Morgan fingerprint density at radius 2 is 2.00 bits per heavy atom. The van der Waals surface area contributed by atoms with Gasteiger partial charge in [-0.1, -0.05) is 23.7 Å². The molecule has 0 saturated carbocycles. The van der Waals surface area contributed by atoms with E-state index in [9.17, 15) is 9.59 Å². The van der Waals surface area contributed by atoms with Gasteiger partial charge in [-0.2, -0.15) is 0 Å². The number of likely N-dealkylation sites (tertiary alicyclic amines) is 1. The second-order valence-electron chi connectivity index (χ2n) is 5.86. The summed E-state index contributed by atoms with van der Waals surface area (Å²) in [5.74, 6) is 1.13. The maximum Gasteiger partial charge on any atom is 0.248 e. The van der Waals surface area contributed by atoms with Crippen LogP contribution in [0, 0.1) is 0 Å². The van der Waals surface area contributed by atoms with Gasteiger partial charge in [-0.25, -0.2) is 0 Å². The standard InChI is InChI=1S/C17H21ClN2O3S/c1-2-23-9-3-8-19-15(12-4-6-13(18)7-5-12)16(17(19)22)20-11-24-10-14(20)21/h4-7,15-16H,2-3,8-11H2,1H3/t15-,16-/m1/s1. The van der Waals surface area contributed by atoms with Gasteiger partial charge in [-0.3, -0.25) is 9.59 Å². The third kappa shape index (κ3) is 3.41. The van der Waals surface area contributed by atoms with Crippen molar-refractivity contribution in [2.45, 2.75) is 25.4 Å². The molecule has 5 nitrogen and oxygen atoms in total. The molecule has 2 saturated heterocycles. The molecule has 2 atom stereocenters. The highest BCUT2D eigenvalue weighted by molar-refractivity contribution is 8.00. The average molecular weight is 369 g/mol. The molecule has 0 spiro atoms. The molecule has 2 amide bonds. The maximum absolute atomic E-state index is 12.7. The number of hydrogen-bond acceptors (Lipinski definition) is 4. The first kappa shape index (κ1) is 17.6. The first-order chi connectivity index (χ1) is 11.6. The minimum atomic E-state index is -0.388. The first-order valence-electron chi connectivity index (χ1n) is 8.14. The predicted octanol–water partition coefficient (Wildman–Crippen LogP) is 2.55. The number of amides is 2. The van der Waals surface area contributed by atoms with Crippen LogP contribution in [-0.4, -0.2) is 59.0 Å². The number of carbonyl (C=O) groups is 2. The van der Waals surface area contributed by atoms with Gasteiger partial charge in [-0.05, 0) is 31.0 Å². The summed E-state index contributed by atoms with van der Waals surface area (Å²) in [6, 6.07) is 7.05. The fourth-order valence-corrected chi connectivity index (χ4v) is 4.27. The van der Waals surface area contributed by atoms with Gasteiger partial charge in [0.05, 0.1) is 17.7 Å². The Labute approximate surface area is 151 Å². The number of rotatable bonds is 7. The van der Waals surface area contributed by atoms with Crippen LogP contribution >= 0.6 is 23.4 Å². The molecule has 2 fully saturated rings. The fraction of sp³-hybridized carbons (Fsp3) is 0.529. The van der Waals surface area contributed by atoms with Crippen LogP contribution in [0.15, 0.2) is 24.3 Å². The van der Waals surface area contributed by atoms with Gasteiger partial charge in [0.25, 0.3) is 0 Å². The smallest absolute Gasteiger partial charge is 0.248 e. The van der Waals surface area contributed by atoms with Crippen LogP contribution in [0.5, 0.6) is 0 Å². The summed E-state index contributed by atoms with van der Waals surface area (Å²) in [6.45, 7) is 3.91. The molecule has 2 heterocycles. The number of carbonyl (C=O) groups excluding carboxylic acids is 2. The van der Waals surface area contributed by atoms with Gasteiger partial charge in [0.15, 0.2) is 0 Å². The quantitative estimate of drug-likeness (QED) is 0.548. The van der Waals surface area contributed by atoms with Gasteiger partial charge in [-0.15, -0.1) is 11.8 Å². The Bertz CT molecular complexity index is 610. The van der Waals surface area contributed by atoms with Crippen LogP contribution in [0.1, 0.15) is 24.9 Å². The van der Waals surface area contributed by atoms with E-state index < -0.39 is 0 Å². The van der Waals surface area contributed by atoms with E-state index >= 15 is 0 Å². The number of hydrogen-bond donors (Lipinski definition) is 0. The van der Waals surface area contributed by atoms with Crippen molar-refractivity contribution in [1.29, 1.82) is 0 Å². The summed E-state index contributed by atoms with van der Waals surface area (Å²) < 4.78 is 5.36. The Kier molecular flexibility index (Phi) is 5.69. The highest BCUT2D eigenvalue weighted by Gasteiger charge is 2.52. The van der Waals surface area contributed by atoms with E-state index in [1.807, 2.05) is 36.1 Å². The second-order valence-corrected chi connectivity index (χ2v) is 7.26. The number of benzene rings is 1. The number of nitrogens with zero attached hydrogens (tertiary/aromatic N) is 2. The average Bonchev–Trinajstić information content (AvgIpc) is 2.99. The van der Waals surface area contributed by atoms with Crippen molar-refractivity contribution >= 4 is 35.2 Å². The third-order valence-electron chi connectivity index (χ3n) is 4.39. The fourth-order valence-electron chi connectivity index (χ4n) is 3.21. The molecule has 2 aliphatic rings. The van der Waals surface area contributed by atoms with Crippen molar-refractivity contribution < 1.29 is 14.3 Å². The zero-order valence-corrected chi connectivity index (χ0v) is 15.2. The number of ether oxygens (including phenoxy) is 1. The number of β-lactam (4-membered cyclic amide) rings is 1. The lowest BCUT2D eigenvalue weighted by molar-refractivity contribution is -0.164. The molecule has 0 bridgehead atoms. The number of thioether (sulfide) groups is 1. The molecule has 24 heavy (non-hydrogen) atoms. The first-order valence-corrected chi connectivity index (χ1v) is 9.67. The Morgan fingerprint density at radius 1 is 1.25 bits per heavy atom. The zero-order valence-electron chi connectivity index (χ0n) is 13.6. The predicted molar refractivity (Wildman–Crippen MR) is 95.0 cm³/mol. The lowest BCUT2D eigenvalue weighted by atomic mass is 9.87. The zero-order chi connectivity index (χ0) is 17.1. The van der Waals surface area contributed by atoms with Crippen molar-refractivity contribution in [1.82, 2.24) is 9.80 Å². The monoisotopic (exact) mass is 368 g/mol. The molecule has 7 heteroatoms. The van der Waals surface area contributed by atoms with Gasteiger partial charge in [0, 0.05) is 24.8 Å². The largest absolute Gasteiger partial charge is 0.382 e. The third-order valence-corrected chi connectivity index (χ3v) is 5.55. The van der Waals surface area contributed by atoms with E-state index in [-0.39, 0.29) is 23.9 Å². The molecular weight excluding hydrogens is 348 g/mol. The molecule has 0 aliphatic carbocycles. The Hall–Kier alpha value is -1.24.